The molecule has 1 aromatic carbocycles. The van der Waals surface area contributed by atoms with Crippen molar-refractivity contribution in [2.45, 2.75) is 6.04 Å². The Morgan fingerprint density at radius 2 is 2.25 bits per heavy atom. The lowest BCUT2D eigenvalue weighted by Gasteiger charge is -2.20. The molecule has 0 bridgehead atoms. The van der Waals surface area contributed by atoms with E-state index in [-0.39, 0.29) is 0 Å². The van der Waals surface area contributed by atoms with E-state index in [4.69, 9.17) is 10.8 Å². The maximum atomic E-state index is 10.9. The summed E-state index contributed by atoms with van der Waals surface area (Å²) in [4.78, 5) is 16.9. The molecule has 3 N–H and O–H groups in total. The zero-order valence-corrected chi connectivity index (χ0v) is 8.71. The van der Waals surface area contributed by atoms with E-state index < -0.39 is 12.0 Å². The largest absolute Gasteiger partial charge is 0.480 e. The number of aliphatic imine (C=N–C) groups is 1. The molecule has 0 fully saturated rings. The number of para-hydroxylation sites is 1. The first-order valence-corrected chi connectivity index (χ1v) is 5.04. The minimum absolute atomic E-state index is 0.614. The summed E-state index contributed by atoms with van der Waals surface area (Å²) in [6, 6.07) is 6.25. The molecule has 1 aromatic rings. The Balaban J connectivity index is 2.37. The Kier molecular flexibility index (Phi) is 2.87. The third-order valence-electron chi connectivity index (χ3n) is 2.54. The predicted octanol–water partition coefficient (Wildman–Crippen LogP) is 0.619. The van der Waals surface area contributed by atoms with Crippen LogP contribution in [0.15, 0.2) is 29.3 Å². The molecule has 1 atom stereocenters. The van der Waals surface area contributed by atoms with Gasteiger partial charge in [0.15, 0.2) is 0 Å². The minimum Gasteiger partial charge on any atom is -0.480 e. The first-order valence-electron chi connectivity index (χ1n) is 5.04. The van der Waals surface area contributed by atoms with Gasteiger partial charge in [0.25, 0.3) is 0 Å². The fourth-order valence-corrected chi connectivity index (χ4v) is 1.71. The normalized spacial score (nSPS) is 16.4. The van der Waals surface area contributed by atoms with Crippen LogP contribution >= 0.6 is 0 Å². The molecule has 0 saturated carbocycles. The number of carboxylic acid groups (broad SMARTS) is 1. The Bertz CT molecular complexity index is 410. The van der Waals surface area contributed by atoms with Gasteiger partial charge in [0.1, 0.15) is 6.04 Å². The molecule has 5 heteroatoms. The molecule has 16 heavy (non-hydrogen) atoms. The predicted molar refractivity (Wildman–Crippen MR) is 61.7 cm³/mol. The molecule has 0 aromatic heterocycles. The minimum atomic E-state index is -1.02. The SMILES string of the molecule is NC(C(=O)O)c1ccccc1N1C=NCC1. The number of anilines is 1. The van der Waals surface area contributed by atoms with E-state index >= 15 is 0 Å². The van der Waals surface area contributed by atoms with Gasteiger partial charge in [-0.3, -0.25) is 9.79 Å². The topological polar surface area (TPSA) is 78.9 Å². The molecule has 5 nitrogen and oxygen atoms in total. The molecule has 1 heterocycles. The zero-order chi connectivity index (χ0) is 11.5. The monoisotopic (exact) mass is 219 g/mol. The molecular formula is C11H13N3O2. The molecule has 0 saturated heterocycles. The summed E-state index contributed by atoms with van der Waals surface area (Å²) < 4.78 is 0. The summed E-state index contributed by atoms with van der Waals surface area (Å²) >= 11 is 0. The van der Waals surface area contributed by atoms with E-state index in [0.717, 1.165) is 18.8 Å². The fraction of sp³-hybridized carbons (Fsp3) is 0.273. The number of nitrogens with zero attached hydrogens (tertiary/aromatic N) is 2. The molecule has 2 rings (SSSR count). The van der Waals surface area contributed by atoms with Gasteiger partial charge in [-0.05, 0) is 6.07 Å². The summed E-state index contributed by atoms with van der Waals surface area (Å²) in [5.41, 5.74) is 7.07. The van der Waals surface area contributed by atoms with Crippen LogP contribution in [0.25, 0.3) is 0 Å². The first-order chi connectivity index (χ1) is 7.70. The van der Waals surface area contributed by atoms with Crippen LogP contribution in [0.1, 0.15) is 11.6 Å². The Labute approximate surface area is 93.2 Å². The van der Waals surface area contributed by atoms with Gasteiger partial charge in [0.05, 0.1) is 12.9 Å². The van der Waals surface area contributed by atoms with Gasteiger partial charge in [0, 0.05) is 17.8 Å². The van der Waals surface area contributed by atoms with Crippen molar-refractivity contribution in [2.75, 3.05) is 18.0 Å². The Hall–Kier alpha value is -1.88. The molecule has 1 unspecified atom stereocenters. The second-order valence-electron chi connectivity index (χ2n) is 3.59. The van der Waals surface area contributed by atoms with Crippen molar-refractivity contribution in [2.24, 2.45) is 10.7 Å². The summed E-state index contributed by atoms with van der Waals surface area (Å²) in [7, 11) is 0. The molecule has 0 aliphatic carbocycles. The van der Waals surface area contributed by atoms with Crippen molar-refractivity contribution >= 4 is 18.0 Å². The van der Waals surface area contributed by atoms with E-state index in [1.54, 1.807) is 18.5 Å². The van der Waals surface area contributed by atoms with E-state index in [2.05, 4.69) is 4.99 Å². The fourth-order valence-electron chi connectivity index (χ4n) is 1.71. The highest BCUT2D eigenvalue weighted by atomic mass is 16.4. The van der Waals surface area contributed by atoms with E-state index in [9.17, 15) is 4.79 Å². The summed E-state index contributed by atoms with van der Waals surface area (Å²) in [6.07, 6.45) is 1.72. The molecule has 1 aliphatic rings. The average Bonchev–Trinajstić information content (AvgIpc) is 2.81. The van der Waals surface area contributed by atoms with Gasteiger partial charge in [-0.1, -0.05) is 18.2 Å². The van der Waals surface area contributed by atoms with E-state index in [0.29, 0.717) is 5.56 Å². The third-order valence-corrected chi connectivity index (χ3v) is 2.54. The lowest BCUT2D eigenvalue weighted by atomic mass is 10.0. The number of carbonyl (C=O) groups is 1. The number of hydrogen-bond acceptors (Lipinski definition) is 4. The lowest BCUT2D eigenvalue weighted by molar-refractivity contribution is -0.138. The maximum Gasteiger partial charge on any atom is 0.325 e. The van der Waals surface area contributed by atoms with Gasteiger partial charge in [0.2, 0.25) is 0 Å². The third kappa shape index (κ3) is 1.90. The second-order valence-corrected chi connectivity index (χ2v) is 3.59. The quantitative estimate of drug-likeness (QED) is 0.781. The summed E-state index contributed by atoms with van der Waals surface area (Å²) in [5.74, 6) is -1.02. The second kappa shape index (κ2) is 4.32. The van der Waals surface area contributed by atoms with Gasteiger partial charge in [-0.25, -0.2) is 0 Å². The number of carboxylic acids is 1. The van der Waals surface area contributed by atoms with E-state index in [1.165, 1.54) is 0 Å². The summed E-state index contributed by atoms with van der Waals surface area (Å²) in [6.45, 7) is 1.50. The highest BCUT2D eigenvalue weighted by molar-refractivity contribution is 5.86. The van der Waals surface area contributed by atoms with Crippen molar-refractivity contribution in [1.82, 2.24) is 0 Å². The van der Waals surface area contributed by atoms with Crippen LogP contribution in [0.3, 0.4) is 0 Å². The van der Waals surface area contributed by atoms with Crippen LogP contribution in [-0.2, 0) is 4.79 Å². The van der Waals surface area contributed by atoms with Gasteiger partial charge in [-0.15, -0.1) is 0 Å². The van der Waals surface area contributed by atoms with E-state index in [1.807, 2.05) is 17.0 Å². The Morgan fingerprint density at radius 3 is 2.88 bits per heavy atom. The van der Waals surface area contributed by atoms with Crippen LogP contribution in [0.4, 0.5) is 5.69 Å². The van der Waals surface area contributed by atoms with Crippen LogP contribution in [0, 0.1) is 0 Å². The van der Waals surface area contributed by atoms with Crippen molar-refractivity contribution < 1.29 is 9.90 Å². The van der Waals surface area contributed by atoms with Crippen LogP contribution in [0.5, 0.6) is 0 Å². The maximum absolute atomic E-state index is 10.9. The average molecular weight is 219 g/mol. The number of benzene rings is 1. The summed E-state index contributed by atoms with van der Waals surface area (Å²) in [5, 5.41) is 8.93. The molecule has 1 aliphatic heterocycles. The first kappa shape index (κ1) is 10.6. The van der Waals surface area contributed by atoms with Crippen molar-refractivity contribution in [1.29, 1.82) is 0 Å². The molecule has 0 spiro atoms. The molecule has 84 valence electrons. The molecule has 0 amide bonds. The Morgan fingerprint density at radius 1 is 1.50 bits per heavy atom. The van der Waals surface area contributed by atoms with Gasteiger partial charge >= 0.3 is 5.97 Å². The van der Waals surface area contributed by atoms with Crippen molar-refractivity contribution in [3.63, 3.8) is 0 Å². The number of aliphatic carboxylic acids is 1. The lowest BCUT2D eigenvalue weighted by Crippen LogP contribution is -2.26. The smallest absolute Gasteiger partial charge is 0.325 e. The van der Waals surface area contributed by atoms with Crippen LogP contribution in [0.2, 0.25) is 0 Å². The molecular weight excluding hydrogens is 206 g/mol. The highest BCUT2D eigenvalue weighted by Crippen LogP contribution is 2.25. The van der Waals surface area contributed by atoms with Crippen molar-refractivity contribution in [3.05, 3.63) is 29.8 Å². The highest BCUT2D eigenvalue weighted by Gasteiger charge is 2.20. The number of hydrogen-bond donors (Lipinski definition) is 2. The molecule has 0 radical (unpaired) electrons. The zero-order valence-electron chi connectivity index (χ0n) is 8.71. The standard InChI is InChI=1S/C11H13N3O2/c12-10(11(15)16)8-3-1-2-4-9(8)14-6-5-13-7-14/h1-4,7,10H,5-6,12H2,(H,15,16). The van der Waals surface area contributed by atoms with Crippen LogP contribution in [-0.4, -0.2) is 30.5 Å². The van der Waals surface area contributed by atoms with Crippen LogP contribution < -0.4 is 10.6 Å². The van der Waals surface area contributed by atoms with Gasteiger partial charge in [-0.2, -0.15) is 0 Å². The number of nitrogens with two attached hydrogens (primary N) is 1. The number of rotatable bonds is 3. The van der Waals surface area contributed by atoms with Crippen molar-refractivity contribution in [3.8, 4) is 0 Å². The van der Waals surface area contributed by atoms with Gasteiger partial charge < -0.3 is 15.7 Å².